The van der Waals surface area contributed by atoms with E-state index >= 15 is 0 Å². The minimum Gasteiger partial charge on any atom is -0.412 e. The summed E-state index contributed by atoms with van der Waals surface area (Å²) in [4.78, 5) is 4.67. The van der Waals surface area contributed by atoms with E-state index in [0.717, 1.165) is 6.67 Å². The second-order valence-corrected chi connectivity index (χ2v) is 3.66. The minimum atomic E-state index is 0. The fourth-order valence-electron chi connectivity index (χ4n) is 1.12. The molecule has 72 valence electrons. The maximum absolute atomic E-state index is 2.33. The molecule has 1 aliphatic heterocycles. The van der Waals surface area contributed by atoms with Gasteiger partial charge in [0.15, 0.2) is 0 Å². The molecule has 1 heterocycles. The maximum atomic E-state index is 2.33. The summed E-state index contributed by atoms with van der Waals surface area (Å²) < 4.78 is 0. The third-order valence-corrected chi connectivity index (χ3v) is 2.10. The molecule has 0 amide bonds. The predicted octanol–water partition coefficient (Wildman–Crippen LogP) is 1.02. The second kappa shape index (κ2) is 4.36. The van der Waals surface area contributed by atoms with Crippen LogP contribution in [0.15, 0.2) is 12.4 Å². The highest BCUT2D eigenvalue weighted by molar-refractivity contribution is 4.93. The van der Waals surface area contributed by atoms with Gasteiger partial charge in [0, 0.05) is 24.5 Å². The Balaban J connectivity index is 0.00000121. The molecule has 0 spiro atoms. The molecule has 0 aromatic carbocycles. The summed E-state index contributed by atoms with van der Waals surface area (Å²) in [5, 5.41) is 0. The van der Waals surface area contributed by atoms with E-state index in [4.69, 9.17) is 0 Å². The third kappa shape index (κ3) is 2.41. The van der Waals surface area contributed by atoms with Gasteiger partial charge in [0.05, 0.1) is 6.67 Å². The van der Waals surface area contributed by atoms with Crippen molar-refractivity contribution in [2.45, 2.75) is 39.8 Å². The number of hydrogen-bond acceptors (Lipinski definition) is 2. The molecule has 2 N–H and O–H groups in total. The first-order valence-corrected chi connectivity index (χ1v) is 4.31. The Bertz CT molecular complexity index is 139. The van der Waals surface area contributed by atoms with E-state index in [1.54, 1.807) is 0 Å². The summed E-state index contributed by atoms with van der Waals surface area (Å²) in [5.74, 6) is 0. The topological polar surface area (TPSA) is 38.0 Å². The minimum absolute atomic E-state index is 0. The molecular formula is C9H20N2O. The van der Waals surface area contributed by atoms with E-state index in [-0.39, 0.29) is 5.48 Å². The summed E-state index contributed by atoms with van der Waals surface area (Å²) in [7, 11) is 0. The van der Waals surface area contributed by atoms with Gasteiger partial charge >= 0.3 is 0 Å². The summed E-state index contributed by atoms with van der Waals surface area (Å²) in [6.45, 7) is 9.92. The average molecular weight is 172 g/mol. The van der Waals surface area contributed by atoms with Gasteiger partial charge in [0.1, 0.15) is 0 Å². The van der Waals surface area contributed by atoms with E-state index < -0.39 is 0 Å². The van der Waals surface area contributed by atoms with Crippen LogP contribution < -0.4 is 0 Å². The van der Waals surface area contributed by atoms with Crippen LogP contribution in [-0.4, -0.2) is 34.0 Å². The molecule has 0 aromatic heterocycles. The van der Waals surface area contributed by atoms with Crippen molar-refractivity contribution in [3.05, 3.63) is 12.4 Å². The zero-order valence-corrected chi connectivity index (χ0v) is 8.41. The molecule has 0 bridgehead atoms. The number of nitrogens with zero attached hydrogens (tertiary/aromatic N) is 2. The van der Waals surface area contributed by atoms with Crippen LogP contribution in [0.3, 0.4) is 0 Å². The first-order chi connectivity index (χ1) is 5.11. The first kappa shape index (κ1) is 11.3. The lowest BCUT2D eigenvalue weighted by Gasteiger charge is -2.26. The summed E-state index contributed by atoms with van der Waals surface area (Å²) in [6, 6.07) is 1.24. The Labute approximate surface area is 75.0 Å². The summed E-state index contributed by atoms with van der Waals surface area (Å²) >= 11 is 0. The van der Waals surface area contributed by atoms with Crippen LogP contribution in [0, 0.1) is 0 Å². The lowest BCUT2D eigenvalue weighted by molar-refractivity contribution is 0.204. The highest BCUT2D eigenvalue weighted by Gasteiger charge is 2.15. The van der Waals surface area contributed by atoms with Crippen LogP contribution in [0.2, 0.25) is 0 Å². The Morgan fingerprint density at radius 2 is 1.25 bits per heavy atom. The highest BCUT2D eigenvalue weighted by atomic mass is 16.0. The van der Waals surface area contributed by atoms with Crippen molar-refractivity contribution in [2.75, 3.05) is 6.67 Å². The van der Waals surface area contributed by atoms with Gasteiger partial charge in [0.2, 0.25) is 0 Å². The van der Waals surface area contributed by atoms with Crippen LogP contribution in [0.4, 0.5) is 0 Å². The van der Waals surface area contributed by atoms with Gasteiger partial charge < -0.3 is 15.3 Å². The van der Waals surface area contributed by atoms with E-state index in [9.17, 15) is 0 Å². The molecule has 1 rings (SSSR count). The molecule has 0 fully saturated rings. The predicted molar refractivity (Wildman–Crippen MR) is 51.6 cm³/mol. The molecule has 0 saturated heterocycles. The third-order valence-electron chi connectivity index (χ3n) is 2.10. The van der Waals surface area contributed by atoms with Crippen LogP contribution >= 0.6 is 0 Å². The highest BCUT2D eigenvalue weighted by Crippen LogP contribution is 2.12. The first-order valence-electron chi connectivity index (χ1n) is 4.31. The average Bonchev–Trinajstić information content (AvgIpc) is 2.33. The molecule has 12 heavy (non-hydrogen) atoms. The molecule has 0 saturated carbocycles. The molecule has 0 atom stereocenters. The maximum Gasteiger partial charge on any atom is 0.0898 e. The van der Waals surface area contributed by atoms with Gasteiger partial charge in [-0.05, 0) is 27.7 Å². The monoisotopic (exact) mass is 172 g/mol. The number of rotatable bonds is 2. The van der Waals surface area contributed by atoms with Gasteiger partial charge in [-0.15, -0.1) is 0 Å². The molecule has 1 aliphatic rings. The Hall–Kier alpha value is -0.700. The van der Waals surface area contributed by atoms with Crippen molar-refractivity contribution in [2.24, 2.45) is 0 Å². The van der Waals surface area contributed by atoms with Gasteiger partial charge in [-0.25, -0.2) is 0 Å². The summed E-state index contributed by atoms with van der Waals surface area (Å²) in [5.41, 5.74) is 0. The van der Waals surface area contributed by atoms with Crippen molar-refractivity contribution in [1.29, 1.82) is 0 Å². The van der Waals surface area contributed by atoms with Crippen molar-refractivity contribution in [3.8, 4) is 0 Å². The normalized spacial score (nSPS) is 16.2. The molecule has 3 nitrogen and oxygen atoms in total. The lowest BCUT2D eigenvalue weighted by Crippen LogP contribution is -2.33. The van der Waals surface area contributed by atoms with Gasteiger partial charge in [-0.2, -0.15) is 0 Å². The smallest absolute Gasteiger partial charge is 0.0898 e. The molecule has 3 heteroatoms. The fraction of sp³-hybridized carbons (Fsp3) is 0.778. The van der Waals surface area contributed by atoms with Crippen molar-refractivity contribution >= 4 is 0 Å². The van der Waals surface area contributed by atoms with Gasteiger partial charge in [-0.3, -0.25) is 0 Å². The van der Waals surface area contributed by atoms with E-state index in [2.05, 4.69) is 49.9 Å². The van der Waals surface area contributed by atoms with Crippen molar-refractivity contribution < 1.29 is 5.48 Å². The molecular weight excluding hydrogens is 152 g/mol. The van der Waals surface area contributed by atoms with Crippen LogP contribution in [0.5, 0.6) is 0 Å². The van der Waals surface area contributed by atoms with E-state index in [1.807, 2.05) is 0 Å². The zero-order valence-electron chi connectivity index (χ0n) is 8.41. The Morgan fingerprint density at radius 1 is 0.917 bits per heavy atom. The standard InChI is InChI=1S/C9H18N2.H2O/c1-8(2)10-5-6-11(7-10)9(3)4;/h5-6,8-9H,7H2,1-4H3;1H2. The molecule has 0 aliphatic carbocycles. The van der Waals surface area contributed by atoms with Crippen LogP contribution in [0.1, 0.15) is 27.7 Å². The van der Waals surface area contributed by atoms with Crippen LogP contribution in [-0.2, 0) is 0 Å². The molecule has 0 aromatic rings. The zero-order chi connectivity index (χ0) is 8.43. The molecule has 0 unspecified atom stereocenters. The lowest BCUT2D eigenvalue weighted by atomic mass is 10.3. The number of hydrogen-bond donors (Lipinski definition) is 0. The fourth-order valence-corrected chi connectivity index (χ4v) is 1.12. The van der Waals surface area contributed by atoms with E-state index in [0.29, 0.717) is 12.1 Å². The quantitative estimate of drug-likeness (QED) is 0.624. The summed E-state index contributed by atoms with van der Waals surface area (Å²) in [6.07, 6.45) is 4.34. The van der Waals surface area contributed by atoms with Crippen molar-refractivity contribution in [3.63, 3.8) is 0 Å². The van der Waals surface area contributed by atoms with Crippen molar-refractivity contribution in [1.82, 2.24) is 9.80 Å². The van der Waals surface area contributed by atoms with Crippen LogP contribution in [0.25, 0.3) is 0 Å². The van der Waals surface area contributed by atoms with Gasteiger partial charge in [0.25, 0.3) is 0 Å². The second-order valence-electron chi connectivity index (χ2n) is 3.66. The molecule has 0 radical (unpaired) electrons. The van der Waals surface area contributed by atoms with E-state index in [1.165, 1.54) is 0 Å². The SMILES string of the molecule is CC(C)N1C=CN(C(C)C)C1.O. The Morgan fingerprint density at radius 3 is 1.42 bits per heavy atom. The van der Waals surface area contributed by atoms with Gasteiger partial charge in [-0.1, -0.05) is 0 Å². The Kier molecular flexibility index (Phi) is 4.10. The largest absolute Gasteiger partial charge is 0.412 e.